The number of rotatable bonds is 6. The molecule has 176 valence electrons. The molecular formula is C29H26N2O4. The van der Waals surface area contributed by atoms with Crippen molar-refractivity contribution in [3.8, 4) is 5.75 Å². The Morgan fingerprint density at radius 1 is 0.914 bits per heavy atom. The van der Waals surface area contributed by atoms with E-state index in [9.17, 15) is 9.59 Å². The van der Waals surface area contributed by atoms with Crippen molar-refractivity contribution < 1.29 is 18.7 Å². The van der Waals surface area contributed by atoms with Crippen molar-refractivity contribution in [3.05, 3.63) is 115 Å². The zero-order chi connectivity index (χ0) is 24.2. The lowest BCUT2D eigenvalue weighted by Crippen LogP contribution is -2.48. The summed E-state index contributed by atoms with van der Waals surface area (Å²) in [6.07, 6.45) is 2.06. The van der Waals surface area contributed by atoms with Crippen molar-refractivity contribution >= 4 is 23.2 Å². The number of fused-ring (bicyclic) bond motifs is 1. The van der Waals surface area contributed by atoms with Gasteiger partial charge < -0.3 is 19.0 Å². The molecule has 1 aliphatic heterocycles. The van der Waals surface area contributed by atoms with Crippen LogP contribution >= 0.6 is 0 Å². The quantitative estimate of drug-likeness (QED) is 0.356. The zero-order valence-corrected chi connectivity index (χ0v) is 19.4. The van der Waals surface area contributed by atoms with Crippen molar-refractivity contribution in [2.45, 2.75) is 25.4 Å². The second-order valence-electron chi connectivity index (χ2n) is 8.51. The predicted octanol–water partition coefficient (Wildman–Crippen LogP) is 5.87. The molecule has 4 aromatic rings. The maximum atomic E-state index is 13.6. The number of amides is 2. The van der Waals surface area contributed by atoms with Crippen molar-refractivity contribution in [2.24, 2.45) is 0 Å². The monoisotopic (exact) mass is 466 g/mol. The number of hydrogen-bond acceptors (Lipinski definition) is 4. The molecular weight excluding hydrogens is 440 g/mol. The van der Waals surface area contributed by atoms with E-state index in [1.54, 1.807) is 21.9 Å². The van der Waals surface area contributed by atoms with Gasteiger partial charge in [-0.1, -0.05) is 54.6 Å². The van der Waals surface area contributed by atoms with Crippen LogP contribution in [-0.2, 0) is 4.79 Å². The van der Waals surface area contributed by atoms with Crippen LogP contribution in [0.4, 0.5) is 11.4 Å². The topological polar surface area (TPSA) is 63.0 Å². The van der Waals surface area contributed by atoms with E-state index in [1.165, 1.54) is 6.26 Å². The molecule has 35 heavy (non-hydrogen) atoms. The lowest BCUT2D eigenvalue weighted by atomic mass is 9.89. The summed E-state index contributed by atoms with van der Waals surface area (Å²) in [5.41, 5.74) is 2.46. The highest BCUT2D eigenvalue weighted by Gasteiger charge is 2.39. The fourth-order valence-corrected chi connectivity index (χ4v) is 4.67. The maximum absolute atomic E-state index is 13.6. The summed E-state index contributed by atoms with van der Waals surface area (Å²) in [6.45, 7) is 1.90. The highest BCUT2D eigenvalue weighted by molar-refractivity contribution is 6.06. The van der Waals surface area contributed by atoms with E-state index in [0.29, 0.717) is 12.2 Å². The van der Waals surface area contributed by atoms with Gasteiger partial charge in [-0.15, -0.1) is 0 Å². The molecule has 5 rings (SSSR count). The highest BCUT2D eigenvalue weighted by atomic mass is 16.5. The van der Waals surface area contributed by atoms with Gasteiger partial charge in [-0.2, -0.15) is 0 Å². The third-order valence-electron chi connectivity index (χ3n) is 6.23. The van der Waals surface area contributed by atoms with Gasteiger partial charge in [0.05, 0.1) is 12.3 Å². The fraction of sp³-hybridized carbons (Fsp3) is 0.172. The molecule has 0 unspecified atom stereocenters. The molecule has 1 aromatic heterocycles. The molecule has 0 bridgehead atoms. The molecule has 0 saturated carbocycles. The van der Waals surface area contributed by atoms with E-state index in [2.05, 4.69) is 0 Å². The Morgan fingerprint density at radius 2 is 1.60 bits per heavy atom. The number of hydrogen-bond donors (Lipinski definition) is 0. The van der Waals surface area contributed by atoms with Gasteiger partial charge in [0.15, 0.2) is 12.4 Å². The van der Waals surface area contributed by atoms with Crippen LogP contribution in [0.3, 0.4) is 0 Å². The second kappa shape index (κ2) is 9.89. The minimum Gasteiger partial charge on any atom is -0.484 e. The van der Waals surface area contributed by atoms with Gasteiger partial charge >= 0.3 is 0 Å². The van der Waals surface area contributed by atoms with Gasteiger partial charge in [-0.05, 0) is 61.4 Å². The zero-order valence-electron chi connectivity index (χ0n) is 19.4. The molecule has 6 heteroatoms. The van der Waals surface area contributed by atoms with Crippen molar-refractivity contribution in [3.63, 3.8) is 0 Å². The van der Waals surface area contributed by atoms with Gasteiger partial charge in [0, 0.05) is 17.4 Å². The number of anilines is 2. The smallest absolute Gasteiger partial charge is 0.294 e. The molecule has 0 radical (unpaired) electrons. The molecule has 1 aliphatic rings. The number of carbonyl (C=O) groups is 2. The number of nitrogens with zero attached hydrogens (tertiary/aromatic N) is 2. The first-order valence-corrected chi connectivity index (χ1v) is 11.6. The molecule has 0 fully saturated rings. The lowest BCUT2D eigenvalue weighted by molar-refractivity contribution is -0.121. The number of benzene rings is 3. The largest absolute Gasteiger partial charge is 0.484 e. The fourth-order valence-electron chi connectivity index (χ4n) is 4.67. The van der Waals surface area contributed by atoms with E-state index in [4.69, 9.17) is 9.15 Å². The number of ether oxygens (including phenoxy) is 1. The van der Waals surface area contributed by atoms with Gasteiger partial charge in [0.1, 0.15) is 5.75 Å². The summed E-state index contributed by atoms with van der Waals surface area (Å²) < 4.78 is 11.2. The number of para-hydroxylation sites is 3. The summed E-state index contributed by atoms with van der Waals surface area (Å²) >= 11 is 0. The van der Waals surface area contributed by atoms with Gasteiger partial charge in [0.25, 0.3) is 11.8 Å². The lowest BCUT2D eigenvalue weighted by Gasteiger charge is -2.43. The molecule has 0 spiro atoms. The Balaban J connectivity index is 1.51. The first-order chi connectivity index (χ1) is 17.1. The maximum Gasteiger partial charge on any atom is 0.294 e. The summed E-state index contributed by atoms with van der Waals surface area (Å²) in [6, 6.07) is 29.6. The first kappa shape index (κ1) is 22.5. The molecule has 2 atom stereocenters. The normalized spacial score (nSPS) is 16.9. The van der Waals surface area contributed by atoms with Crippen LogP contribution in [0.25, 0.3) is 0 Å². The summed E-state index contributed by atoms with van der Waals surface area (Å²) in [7, 11) is 0. The summed E-state index contributed by atoms with van der Waals surface area (Å²) in [5, 5.41) is 0. The van der Waals surface area contributed by atoms with Crippen LogP contribution in [0.2, 0.25) is 0 Å². The molecule has 6 nitrogen and oxygen atoms in total. The Morgan fingerprint density at radius 3 is 2.31 bits per heavy atom. The van der Waals surface area contributed by atoms with Gasteiger partial charge in [0.2, 0.25) is 0 Å². The van der Waals surface area contributed by atoms with E-state index in [-0.39, 0.29) is 36.3 Å². The average molecular weight is 467 g/mol. The Kier molecular flexibility index (Phi) is 6.35. The van der Waals surface area contributed by atoms with Gasteiger partial charge in [-0.3, -0.25) is 9.59 Å². The number of carbonyl (C=O) groups excluding carboxylic acids is 2. The summed E-state index contributed by atoms with van der Waals surface area (Å²) in [5.74, 6) is 0.579. The van der Waals surface area contributed by atoms with Crippen molar-refractivity contribution in [1.29, 1.82) is 0 Å². The minimum atomic E-state index is -0.267. The third kappa shape index (κ3) is 4.55. The van der Waals surface area contributed by atoms with Crippen LogP contribution in [0.5, 0.6) is 5.75 Å². The predicted molar refractivity (Wildman–Crippen MR) is 135 cm³/mol. The van der Waals surface area contributed by atoms with Crippen LogP contribution in [0, 0.1) is 0 Å². The van der Waals surface area contributed by atoms with Crippen molar-refractivity contribution in [2.75, 3.05) is 16.4 Å². The van der Waals surface area contributed by atoms with Crippen LogP contribution < -0.4 is 14.5 Å². The van der Waals surface area contributed by atoms with E-state index in [0.717, 1.165) is 16.9 Å². The standard InChI is InChI=1S/C29H26N2O4/c1-21-19-26(24-15-8-9-16-25(24)30(21)29(33)27-17-10-18-34-27)31(22-11-4-2-5-12-22)28(32)20-35-23-13-6-3-7-14-23/h2-18,21,26H,19-20H2,1H3/t21-,26-/m1/s1. The highest BCUT2D eigenvalue weighted by Crippen LogP contribution is 2.42. The molecule has 0 N–H and O–H groups in total. The number of furan rings is 1. The summed E-state index contributed by atoms with van der Waals surface area (Å²) in [4.78, 5) is 30.5. The minimum absolute atomic E-state index is 0.0962. The van der Waals surface area contributed by atoms with Gasteiger partial charge in [-0.25, -0.2) is 0 Å². The van der Waals surface area contributed by atoms with Crippen molar-refractivity contribution in [1.82, 2.24) is 0 Å². The molecule has 3 aromatic carbocycles. The Bertz CT molecular complexity index is 1290. The van der Waals surface area contributed by atoms with E-state index >= 15 is 0 Å². The van der Waals surface area contributed by atoms with Crippen LogP contribution in [0.15, 0.2) is 108 Å². The molecule has 2 heterocycles. The third-order valence-corrected chi connectivity index (χ3v) is 6.23. The molecule has 2 amide bonds. The average Bonchev–Trinajstić information content (AvgIpc) is 3.44. The first-order valence-electron chi connectivity index (χ1n) is 11.6. The SMILES string of the molecule is C[C@@H]1C[C@@H](N(C(=O)COc2ccccc2)c2ccccc2)c2ccccc2N1C(=O)c1ccco1. The Labute approximate surface area is 204 Å². The van der Waals surface area contributed by atoms with E-state index in [1.807, 2.05) is 91.9 Å². The Hall–Kier alpha value is -4.32. The van der Waals surface area contributed by atoms with E-state index < -0.39 is 0 Å². The second-order valence-corrected chi connectivity index (χ2v) is 8.51. The molecule has 0 saturated heterocycles. The van der Waals surface area contributed by atoms with Crippen LogP contribution in [-0.4, -0.2) is 24.5 Å². The van der Waals surface area contributed by atoms with Crippen LogP contribution in [0.1, 0.15) is 35.5 Å². The molecule has 0 aliphatic carbocycles.